The maximum atomic E-state index is 12.8. The molecule has 5 nitrogen and oxygen atoms in total. The molecule has 0 bridgehead atoms. The van der Waals surface area contributed by atoms with E-state index in [9.17, 15) is 4.79 Å². The molecule has 0 aliphatic carbocycles. The number of methoxy groups -OCH3 is 1. The van der Waals surface area contributed by atoms with E-state index in [2.05, 4.69) is 16.9 Å². The second-order valence-electron chi connectivity index (χ2n) is 7.39. The SMILES string of the molecule is COCC1CCN(C)C2(C1)CN(C(=O)c1cc3ccccc3[nH]1)C2. The monoisotopic (exact) mass is 327 g/mol. The third kappa shape index (κ3) is 2.52. The molecule has 2 saturated heterocycles. The van der Waals surface area contributed by atoms with Gasteiger partial charge in [0.1, 0.15) is 5.69 Å². The largest absolute Gasteiger partial charge is 0.384 e. The number of rotatable bonds is 3. The van der Waals surface area contributed by atoms with E-state index in [1.165, 1.54) is 6.42 Å². The predicted octanol–water partition coefficient (Wildman–Crippen LogP) is 2.35. The molecule has 24 heavy (non-hydrogen) atoms. The summed E-state index contributed by atoms with van der Waals surface area (Å²) in [5.74, 6) is 0.718. The molecular weight excluding hydrogens is 302 g/mol. The van der Waals surface area contributed by atoms with Gasteiger partial charge in [-0.3, -0.25) is 9.69 Å². The standard InChI is InChI=1S/C19H25N3O2/c1-21-8-7-14(11-24-2)10-19(21)12-22(13-19)18(23)17-9-15-5-3-4-6-16(15)20-17/h3-6,9,14,20H,7-8,10-13H2,1-2H3. The number of nitrogens with zero attached hydrogens (tertiary/aromatic N) is 2. The van der Waals surface area contributed by atoms with Crippen LogP contribution in [0.4, 0.5) is 0 Å². The zero-order valence-corrected chi connectivity index (χ0v) is 14.4. The van der Waals surface area contributed by atoms with Crippen molar-refractivity contribution in [3.05, 3.63) is 36.0 Å². The number of ether oxygens (including phenoxy) is 1. The molecule has 1 unspecified atom stereocenters. The molecule has 2 aromatic rings. The Morgan fingerprint density at radius 2 is 2.17 bits per heavy atom. The maximum absolute atomic E-state index is 12.8. The fourth-order valence-corrected chi connectivity index (χ4v) is 4.32. The van der Waals surface area contributed by atoms with E-state index in [1.54, 1.807) is 7.11 Å². The van der Waals surface area contributed by atoms with Gasteiger partial charge >= 0.3 is 0 Å². The van der Waals surface area contributed by atoms with Crippen LogP contribution in [0, 0.1) is 5.92 Å². The number of aromatic amines is 1. The van der Waals surface area contributed by atoms with Crippen LogP contribution in [-0.4, -0.2) is 66.6 Å². The van der Waals surface area contributed by atoms with Gasteiger partial charge in [-0.15, -0.1) is 0 Å². The van der Waals surface area contributed by atoms with Gasteiger partial charge in [-0.25, -0.2) is 0 Å². The lowest BCUT2D eigenvalue weighted by molar-refractivity contribution is -0.0732. The lowest BCUT2D eigenvalue weighted by Crippen LogP contribution is -2.72. The molecule has 1 N–H and O–H groups in total. The van der Waals surface area contributed by atoms with Crippen LogP contribution < -0.4 is 0 Å². The summed E-state index contributed by atoms with van der Waals surface area (Å²) in [7, 11) is 3.96. The van der Waals surface area contributed by atoms with Crippen LogP contribution in [0.25, 0.3) is 10.9 Å². The van der Waals surface area contributed by atoms with Gasteiger partial charge in [0.05, 0.1) is 5.54 Å². The number of H-pyrrole nitrogens is 1. The number of carbonyl (C=O) groups excluding carboxylic acids is 1. The van der Waals surface area contributed by atoms with Crippen LogP contribution in [0.2, 0.25) is 0 Å². The first-order chi connectivity index (χ1) is 11.6. The number of aromatic nitrogens is 1. The predicted molar refractivity (Wildman–Crippen MR) is 94.2 cm³/mol. The highest BCUT2D eigenvalue weighted by molar-refractivity contribution is 5.98. The summed E-state index contributed by atoms with van der Waals surface area (Å²) in [4.78, 5) is 20.4. The molecule has 1 aromatic heterocycles. The summed E-state index contributed by atoms with van der Waals surface area (Å²) in [5, 5.41) is 1.09. The summed E-state index contributed by atoms with van der Waals surface area (Å²) in [5.41, 5.74) is 1.85. The van der Waals surface area contributed by atoms with Gasteiger partial charge < -0.3 is 14.6 Å². The average molecular weight is 327 g/mol. The molecule has 2 aliphatic rings. The van der Waals surface area contributed by atoms with Gasteiger partial charge in [-0.1, -0.05) is 18.2 Å². The van der Waals surface area contributed by atoms with E-state index < -0.39 is 0 Å². The van der Waals surface area contributed by atoms with Gasteiger partial charge in [0, 0.05) is 37.7 Å². The number of likely N-dealkylation sites (tertiary alicyclic amines) is 2. The van der Waals surface area contributed by atoms with Crippen molar-refractivity contribution in [2.24, 2.45) is 5.92 Å². The number of para-hydroxylation sites is 1. The van der Waals surface area contributed by atoms with Crippen LogP contribution in [0.15, 0.2) is 30.3 Å². The quantitative estimate of drug-likeness (QED) is 0.941. The first kappa shape index (κ1) is 15.7. The molecule has 5 heteroatoms. The topological polar surface area (TPSA) is 48.6 Å². The van der Waals surface area contributed by atoms with Crippen molar-refractivity contribution in [3.8, 4) is 0 Å². The fraction of sp³-hybridized carbons (Fsp3) is 0.526. The smallest absolute Gasteiger partial charge is 0.270 e. The Kier molecular flexibility index (Phi) is 3.85. The van der Waals surface area contributed by atoms with Crippen LogP contribution in [0.1, 0.15) is 23.3 Å². The third-order valence-corrected chi connectivity index (χ3v) is 5.77. The van der Waals surface area contributed by atoms with Gasteiger partial charge in [0.2, 0.25) is 0 Å². The maximum Gasteiger partial charge on any atom is 0.270 e. The number of fused-ring (bicyclic) bond motifs is 1. The van der Waals surface area contributed by atoms with Crippen LogP contribution in [0.5, 0.6) is 0 Å². The van der Waals surface area contributed by atoms with Crippen LogP contribution in [-0.2, 0) is 4.74 Å². The molecule has 4 rings (SSSR count). The Morgan fingerprint density at radius 3 is 2.92 bits per heavy atom. The molecule has 1 aromatic carbocycles. The van der Waals surface area contributed by atoms with E-state index in [1.807, 2.05) is 35.2 Å². The van der Waals surface area contributed by atoms with Crippen molar-refractivity contribution in [3.63, 3.8) is 0 Å². The lowest BCUT2D eigenvalue weighted by atomic mass is 9.75. The Balaban J connectivity index is 1.46. The van der Waals surface area contributed by atoms with Crippen molar-refractivity contribution in [2.75, 3.05) is 40.4 Å². The highest BCUT2D eigenvalue weighted by Gasteiger charge is 2.51. The van der Waals surface area contributed by atoms with Crippen molar-refractivity contribution >= 4 is 16.8 Å². The number of piperidine rings is 1. The summed E-state index contributed by atoms with van der Waals surface area (Å²) in [6.07, 6.45) is 2.30. The molecule has 1 atom stereocenters. The first-order valence-corrected chi connectivity index (χ1v) is 8.68. The van der Waals surface area contributed by atoms with Gasteiger partial charge in [0.25, 0.3) is 5.91 Å². The molecule has 2 fully saturated rings. The highest BCUT2D eigenvalue weighted by Crippen LogP contribution is 2.38. The normalized spacial score (nSPS) is 23.6. The minimum absolute atomic E-state index is 0.110. The van der Waals surface area contributed by atoms with Gasteiger partial charge in [0.15, 0.2) is 0 Å². The summed E-state index contributed by atoms with van der Waals surface area (Å²) in [6, 6.07) is 9.98. The first-order valence-electron chi connectivity index (χ1n) is 8.68. The van der Waals surface area contributed by atoms with Crippen molar-refractivity contribution < 1.29 is 9.53 Å². The number of likely N-dealkylation sites (N-methyl/N-ethyl adjacent to an activating group) is 1. The van der Waals surface area contributed by atoms with Crippen LogP contribution in [0.3, 0.4) is 0 Å². The molecule has 0 radical (unpaired) electrons. The summed E-state index contributed by atoms with van der Waals surface area (Å²) >= 11 is 0. The van der Waals surface area contributed by atoms with Crippen molar-refractivity contribution in [1.29, 1.82) is 0 Å². The van der Waals surface area contributed by atoms with E-state index in [0.29, 0.717) is 11.6 Å². The molecule has 3 heterocycles. The lowest BCUT2D eigenvalue weighted by Gasteiger charge is -2.58. The Labute approximate surface area is 142 Å². The number of benzene rings is 1. The number of nitrogens with one attached hydrogen (secondary N) is 1. The third-order valence-electron chi connectivity index (χ3n) is 5.77. The highest BCUT2D eigenvalue weighted by atomic mass is 16.5. The molecule has 128 valence electrons. The molecular formula is C19H25N3O2. The van der Waals surface area contributed by atoms with E-state index in [0.717, 1.165) is 43.6 Å². The van der Waals surface area contributed by atoms with E-state index in [4.69, 9.17) is 4.74 Å². The minimum atomic E-state index is 0.110. The second-order valence-corrected chi connectivity index (χ2v) is 7.39. The Bertz CT molecular complexity index is 715. The summed E-state index contributed by atoms with van der Waals surface area (Å²) in [6.45, 7) is 3.55. The zero-order valence-electron chi connectivity index (χ0n) is 14.4. The minimum Gasteiger partial charge on any atom is -0.384 e. The average Bonchev–Trinajstić information content (AvgIpc) is 2.98. The molecule has 0 saturated carbocycles. The summed E-state index contributed by atoms with van der Waals surface area (Å²) < 4.78 is 5.35. The fourth-order valence-electron chi connectivity index (χ4n) is 4.32. The van der Waals surface area contributed by atoms with E-state index in [-0.39, 0.29) is 11.4 Å². The van der Waals surface area contributed by atoms with Crippen molar-refractivity contribution in [1.82, 2.24) is 14.8 Å². The van der Waals surface area contributed by atoms with Crippen LogP contribution >= 0.6 is 0 Å². The number of hydrogen-bond donors (Lipinski definition) is 1. The number of hydrogen-bond acceptors (Lipinski definition) is 3. The Morgan fingerprint density at radius 1 is 1.38 bits per heavy atom. The van der Waals surface area contributed by atoms with Gasteiger partial charge in [-0.05, 0) is 44.5 Å². The van der Waals surface area contributed by atoms with Crippen molar-refractivity contribution in [2.45, 2.75) is 18.4 Å². The molecule has 1 amide bonds. The Hall–Kier alpha value is -1.85. The van der Waals surface area contributed by atoms with E-state index >= 15 is 0 Å². The number of carbonyl (C=O) groups is 1. The molecule has 1 spiro atoms. The molecule has 2 aliphatic heterocycles. The van der Waals surface area contributed by atoms with Gasteiger partial charge in [-0.2, -0.15) is 0 Å². The zero-order chi connectivity index (χ0) is 16.7. The second kappa shape index (κ2) is 5.90. The number of amides is 1.